The first-order valence-corrected chi connectivity index (χ1v) is 11.7. The molecule has 3 rings (SSSR count). The minimum Gasteiger partial charge on any atom is -0.496 e. The first kappa shape index (κ1) is 25.5. The smallest absolute Gasteiger partial charge is 0.122 e. The lowest BCUT2D eigenvalue weighted by atomic mass is 9.83. The molecule has 4 heteroatoms. The van der Waals surface area contributed by atoms with E-state index in [2.05, 4.69) is 52.0 Å². The Morgan fingerprint density at radius 2 is 0.765 bits per heavy atom. The van der Waals surface area contributed by atoms with Crippen molar-refractivity contribution in [2.75, 3.05) is 28.4 Å². The van der Waals surface area contributed by atoms with Crippen molar-refractivity contribution in [3.8, 4) is 23.0 Å². The van der Waals surface area contributed by atoms with Crippen LogP contribution in [0, 0.1) is 41.5 Å². The van der Waals surface area contributed by atoms with E-state index in [9.17, 15) is 0 Å². The zero-order valence-corrected chi connectivity index (χ0v) is 22.4. The van der Waals surface area contributed by atoms with E-state index in [4.69, 9.17) is 18.9 Å². The van der Waals surface area contributed by atoms with Gasteiger partial charge in [0.15, 0.2) is 0 Å². The molecule has 0 saturated carbocycles. The van der Waals surface area contributed by atoms with Crippen molar-refractivity contribution in [2.24, 2.45) is 0 Å². The predicted octanol–water partition coefficient (Wildman–Crippen LogP) is 6.75. The van der Waals surface area contributed by atoms with Crippen molar-refractivity contribution in [3.63, 3.8) is 0 Å². The first-order valence-electron chi connectivity index (χ1n) is 11.7. The number of aryl methyl sites for hydroxylation is 2. The minimum atomic E-state index is 0.758. The van der Waals surface area contributed by atoms with Crippen LogP contribution >= 0.6 is 0 Å². The summed E-state index contributed by atoms with van der Waals surface area (Å²) >= 11 is 0. The molecule has 0 spiro atoms. The number of hydrogen-bond donors (Lipinski definition) is 0. The summed E-state index contributed by atoms with van der Waals surface area (Å²) in [7, 11) is 6.89. The molecule has 0 N–H and O–H groups in total. The van der Waals surface area contributed by atoms with Crippen LogP contribution in [0.1, 0.15) is 55.6 Å². The van der Waals surface area contributed by atoms with Crippen LogP contribution in [0.15, 0.2) is 24.3 Å². The minimum absolute atomic E-state index is 0.758. The molecule has 0 atom stereocenters. The summed E-state index contributed by atoms with van der Waals surface area (Å²) in [4.78, 5) is 0. The van der Waals surface area contributed by atoms with E-state index in [0.717, 1.165) is 58.1 Å². The highest BCUT2D eigenvalue weighted by atomic mass is 16.5. The molecule has 0 heterocycles. The van der Waals surface area contributed by atoms with Crippen LogP contribution in [-0.4, -0.2) is 28.4 Å². The Labute approximate surface area is 204 Å². The fourth-order valence-corrected chi connectivity index (χ4v) is 4.83. The molecule has 0 aliphatic carbocycles. The number of rotatable bonds is 8. The maximum absolute atomic E-state index is 5.77. The quantitative estimate of drug-likeness (QED) is 0.371. The third-order valence-electron chi connectivity index (χ3n) is 7.29. The van der Waals surface area contributed by atoms with E-state index in [0.29, 0.717) is 0 Å². The maximum atomic E-state index is 5.77. The van der Waals surface area contributed by atoms with Gasteiger partial charge in [0.1, 0.15) is 23.0 Å². The van der Waals surface area contributed by atoms with E-state index in [1.54, 1.807) is 28.4 Å². The predicted molar refractivity (Wildman–Crippen MR) is 140 cm³/mol. The van der Waals surface area contributed by atoms with Crippen LogP contribution in [0.5, 0.6) is 23.0 Å². The fraction of sp³-hybridized carbons (Fsp3) is 0.400. The van der Waals surface area contributed by atoms with Gasteiger partial charge in [-0.25, -0.2) is 0 Å². The van der Waals surface area contributed by atoms with Crippen LogP contribution < -0.4 is 18.9 Å². The van der Waals surface area contributed by atoms with Crippen molar-refractivity contribution < 1.29 is 18.9 Å². The highest BCUT2D eigenvalue weighted by molar-refractivity contribution is 5.57. The van der Waals surface area contributed by atoms with Gasteiger partial charge < -0.3 is 18.9 Å². The monoisotopic (exact) mass is 462 g/mol. The Morgan fingerprint density at radius 3 is 1.06 bits per heavy atom. The molecule has 0 amide bonds. The summed E-state index contributed by atoms with van der Waals surface area (Å²) in [6, 6.07) is 8.34. The molecular formula is C30H38O4. The van der Waals surface area contributed by atoms with Crippen LogP contribution in [0.3, 0.4) is 0 Å². The van der Waals surface area contributed by atoms with Crippen LogP contribution in [0.2, 0.25) is 0 Å². The average Bonchev–Trinajstić information content (AvgIpc) is 2.84. The molecule has 182 valence electrons. The van der Waals surface area contributed by atoms with Gasteiger partial charge in [0.05, 0.1) is 28.4 Å². The highest BCUT2D eigenvalue weighted by Crippen LogP contribution is 2.37. The fourth-order valence-electron chi connectivity index (χ4n) is 4.83. The Bertz CT molecular complexity index is 1110. The van der Waals surface area contributed by atoms with Crippen LogP contribution in [-0.2, 0) is 12.8 Å². The number of hydrogen-bond acceptors (Lipinski definition) is 4. The highest BCUT2D eigenvalue weighted by Gasteiger charge is 2.20. The number of ether oxygens (including phenoxy) is 4. The Hall–Kier alpha value is -3.14. The van der Waals surface area contributed by atoms with Crippen molar-refractivity contribution in [1.29, 1.82) is 0 Å². The van der Waals surface area contributed by atoms with Gasteiger partial charge in [0, 0.05) is 24.0 Å². The molecule has 3 aromatic carbocycles. The molecule has 0 bridgehead atoms. The summed E-state index contributed by atoms with van der Waals surface area (Å²) in [5.41, 5.74) is 12.3. The number of methoxy groups -OCH3 is 4. The van der Waals surface area contributed by atoms with Gasteiger partial charge in [-0.2, -0.15) is 0 Å². The van der Waals surface area contributed by atoms with Gasteiger partial charge in [-0.1, -0.05) is 0 Å². The van der Waals surface area contributed by atoms with Gasteiger partial charge >= 0.3 is 0 Å². The van der Waals surface area contributed by atoms with Gasteiger partial charge in [-0.15, -0.1) is 0 Å². The zero-order valence-electron chi connectivity index (χ0n) is 22.4. The van der Waals surface area contributed by atoms with Gasteiger partial charge in [-0.3, -0.25) is 0 Å². The van der Waals surface area contributed by atoms with Gasteiger partial charge in [-0.05, 0) is 110 Å². The Kier molecular flexibility index (Phi) is 7.81. The van der Waals surface area contributed by atoms with Gasteiger partial charge in [0.25, 0.3) is 0 Å². The maximum Gasteiger partial charge on any atom is 0.122 e. The van der Waals surface area contributed by atoms with E-state index in [1.165, 1.54) is 33.4 Å². The largest absolute Gasteiger partial charge is 0.496 e. The zero-order chi connectivity index (χ0) is 25.2. The standard InChI is InChI=1S/C30H38O4/c1-17-11-29(33-9)23(15-27(17)31-7)13-25-21(5)19(3)20(4)22(6)26(25)14-24-16-28(32-8)18(2)12-30(24)34-10/h11-12,15-16H,13-14H2,1-10H3. The molecule has 0 radical (unpaired) electrons. The van der Waals surface area contributed by atoms with Crippen molar-refractivity contribution in [1.82, 2.24) is 0 Å². The molecule has 34 heavy (non-hydrogen) atoms. The second-order valence-corrected chi connectivity index (χ2v) is 9.08. The van der Waals surface area contributed by atoms with E-state index >= 15 is 0 Å². The molecule has 4 nitrogen and oxygen atoms in total. The van der Waals surface area contributed by atoms with Crippen molar-refractivity contribution in [3.05, 3.63) is 79.9 Å². The lowest BCUT2D eigenvalue weighted by Crippen LogP contribution is -2.09. The van der Waals surface area contributed by atoms with Crippen molar-refractivity contribution in [2.45, 2.75) is 54.4 Å². The SMILES string of the molecule is COc1cc(Cc2c(C)c(C)c(C)c(C)c2Cc2cc(OC)c(C)cc2OC)c(OC)cc1C. The Balaban J connectivity index is 2.22. The van der Waals surface area contributed by atoms with Crippen LogP contribution in [0.4, 0.5) is 0 Å². The first-order chi connectivity index (χ1) is 16.2. The van der Waals surface area contributed by atoms with E-state index < -0.39 is 0 Å². The average molecular weight is 463 g/mol. The van der Waals surface area contributed by atoms with Gasteiger partial charge in [0.2, 0.25) is 0 Å². The summed E-state index contributed by atoms with van der Waals surface area (Å²) in [5, 5.41) is 0. The lowest BCUT2D eigenvalue weighted by Gasteiger charge is -2.23. The molecule has 0 aromatic heterocycles. The summed E-state index contributed by atoms with van der Waals surface area (Å²) in [6.07, 6.45) is 1.52. The number of benzene rings is 3. The second-order valence-electron chi connectivity index (χ2n) is 9.08. The molecule has 0 aliphatic heterocycles. The Morgan fingerprint density at radius 1 is 0.441 bits per heavy atom. The van der Waals surface area contributed by atoms with E-state index in [-0.39, 0.29) is 0 Å². The topological polar surface area (TPSA) is 36.9 Å². The molecule has 3 aromatic rings. The van der Waals surface area contributed by atoms with Crippen molar-refractivity contribution >= 4 is 0 Å². The summed E-state index contributed by atoms with van der Waals surface area (Å²) in [5.74, 6) is 3.52. The third-order valence-corrected chi connectivity index (χ3v) is 7.29. The second kappa shape index (κ2) is 10.4. The third kappa shape index (κ3) is 4.72. The molecular weight excluding hydrogens is 424 g/mol. The summed E-state index contributed by atoms with van der Waals surface area (Å²) < 4.78 is 22.8. The lowest BCUT2D eigenvalue weighted by molar-refractivity contribution is 0.396. The van der Waals surface area contributed by atoms with E-state index in [1.807, 2.05) is 13.8 Å². The molecule has 0 aliphatic rings. The molecule has 0 saturated heterocycles. The molecule has 0 fully saturated rings. The molecule has 0 unspecified atom stereocenters. The summed E-state index contributed by atoms with van der Waals surface area (Å²) in [6.45, 7) is 13.0. The van der Waals surface area contributed by atoms with Crippen LogP contribution in [0.25, 0.3) is 0 Å². The normalized spacial score (nSPS) is 10.9.